The molecule has 0 aliphatic heterocycles. The van der Waals surface area contributed by atoms with Gasteiger partial charge in [0.1, 0.15) is 11.5 Å². The van der Waals surface area contributed by atoms with Gasteiger partial charge in [-0.3, -0.25) is 0 Å². The molecule has 0 bridgehead atoms. The first kappa shape index (κ1) is 17.9. The fourth-order valence-electron chi connectivity index (χ4n) is 2.64. The van der Waals surface area contributed by atoms with Gasteiger partial charge in [-0.1, -0.05) is 6.08 Å². The maximum atomic E-state index is 10.6. The Hall–Kier alpha value is -2.47. The van der Waals surface area contributed by atoms with Crippen LogP contribution in [0.1, 0.15) is 30.9 Å². The predicted molar refractivity (Wildman–Crippen MR) is 90.1 cm³/mol. The molecule has 1 aliphatic carbocycles. The molecule has 0 heterocycles. The van der Waals surface area contributed by atoms with Crippen LogP contribution in [0.15, 0.2) is 41.7 Å². The first-order chi connectivity index (χ1) is 11.5. The lowest BCUT2D eigenvalue weighted by molar-refractivity contribution is -0.140. The number of carboxylic acids is 1. The molecule has 6 heteroatoms. The third kappa shape index (κ3) is 4.52. The van der Waals surface area contributed by atoms with E-state index < -0.39 is 5.97 Å². The third-order valence-corrected chi connectivity index (χ3v) is 3.93. The van der Waals surface area contributed by atoms with E-state index in [1.165, 1.54) is 0 Å². The second kappa shape index (κ2) is 8.40. The highest BCUT2D eigenvalue weighted by Crippen LogP contribution is 2.34. The Morgan fingerprint density at radius 2 is 2.04 bits per heavy atom. The minimum absolute atomic E-state index is 0.305. The molecular weight excluding hydrogens is 310 g/mol. The molecule has 6 nitrogen and oxygen atoms in total. The zero-order valence-corrected chi connectivity index (χ0v) is 14.0. The van der Waals surface area contributed by atoms with E-state index in [0.717, 1.165) is 24.0 Å². The lowest BCUT2D eigenvalue weighted by Crippen LogP contribution is -2.14. The number of carboxylic acid groups (broad SMARTS) is 1. The van der Waals surface area contributed by atoms with Crippen molar-refractivity contribution < 1.29 is 24.1 Å². The standard InChI is InChI=1S/C18H23NO5/c1-22-14-8-9-15(16(10-14)23-2)18(19)12-4-3-5-13(7-6-12)24-11-17(20)21/h6-10,18H,3-5,11,19H2,1-2H3,(H,20,21). The van der Waals surface area contributed by atoms with Crippen LogP contribution in [0.2, 0.25) is 0 Å². The van der Waals surface area contributed by atoms with Crippen molar-refractivity contribution in [2.45, 2.75) is 25.3 Å². The smallest absolute Gasteiger partial charge is 0.341 e. The summed E-state index contributed by atoms with van der Waals surface area (Å²) in [5.74, 6) is 1.07. The number of rotatable bonds is 7. The van der Waals surface area contributed by atoms with Gasteiger partial charge in [0.2, 0.25) is 0 Å². The van der Waals surface area contributed by atoms with Crippen LogP contribution in [0.25, 0.3) is 0 Å². The zero-order valence-electron chi connectivity index (χ0n) is 14.0. The molecule has 0 radical (unpaired) electrons. The Bertz CT molecular complexity index is 651. The van der Waals surface area contributed by atoms with Gasteiger partial charge in [-0.05, 0) is 36.6 Å². The van der Waals surface area contributed by atoms with Crippen LogP contribution in [0, 0.1) is 0 Å². The molecule has 3 N–H and O–H groups in total. The van der Waals surface area contributed by atoms with Gasteiger partial charge < -0.3 is 25.1 Å². The fraction of sp³-hybridized carbons (Fsp3) is 0.389. The summed E-state index contributed by atoms with van der Waals surface area (Å²) in [5, 5.41) is 8.69. The number of carbonyl (C=O) groups is 1. The van der Waals surface area contributed by atoms with Crippen LogP contribution in [0.3, 0.4) is 0 Å². The number of benzene rings is 1. The number of allylic oxidation sites excluding steroid dienone is 3. The van der Waals surface area contributed by atoms with Gasteiger partial charge in [0, 0.05) is 18.1 Å². The van der Waals surface area contributed by atoms with Crippen molar-refractivity contribution in [3.63, 3.8) is 0 Å². The second-order valence-electron chi connectivity index (χ2n) is 5.50. The molecule has 0 spiro atoms. The van der Waals surface area contributed by atoms with Crippen molar-refractivity contribution in [3.05, 3.63) is 47.2 Å². The van der Waals surface area contributed by atoms with Crippen LogP contribution >= 0.6 is 0 Å². The summed E-state index contributed by atoms with van der Waals surface area (Å²) in [7, 11) is 3.20. The number of methoxy groups -OCH3 is 2. The first-order valence-electron chi connectivity index (χ1n) is 7.77. The molecule has 24 heavy (non-hydrogen) atoms. The molecule has 0 fully saturated rings. The van der Waals surface area contributed by atoms with Crippen molar-refractivity contribution >= 4 is 5.97 Å². The Morgan fingerprint density at radius 3 is 2.71 bits per heavy atom. The van der Waals surface area contributed by atoms with E-state index in [4.69, 9.17) is 25.1 Å². The molecule has 0 amide bonds. The van der Waals surface area contributed by atoms with E-state index in [1.54, 1.807) is 20.3 Å². The van der Waals surface area contributed by atoms with Crippen molar-refractivity contribution in [2.24, 2.45) is 5.73 Å². The number of nitrogens with two attached hydrogens (primary N) is 1. The topological polar surface area (TPSA) is 91.0 Å². The number of hydrogen-bond donors (Lipinski definition) is 2. The Labute approximate surface area is 141 Å². The highest BCUT2D eigenvalue weighted by molar-refractivity contribution is 5.68. The van der Waals surface area contributed by atoms with Gasteiger partial charge in [-0.2, -0.15) is 0 Å². The molecule has 130 valence electrons. The van der Waals surface area contributed by atoms with Crippen molar-refractivity contribution in [2.75, 3.05) is 20.8 Å². The van der Waals surface area contributed by atoms with Gasteiger partial charge in [0.25, 0.3) is 0 Å². The first-order valence-corrected chi connectivity index (χ1v) is 7.77. The van der Waals surface area contributed by atoms with Crippen LogP contribution < -0.4 is 15.2 Å². The predicted octanol–water partition coefficient (Wildman–Crippen LogP) is 2.80. The molecule has 1 aliphatic rings. The Kier molecular flexibility index (Phi) is 6.26. The molecule has 1 aromatic rings. The molecule has 0 aromatic heterocycles. The average Bonchev–Trinajstić information content (AvgIpc) is 2.84. The van der Waals surface area contributed by atoms with Crippen molar-refractivity contribution in [1.29, 1.82) is 0 Å². The van der Waals surface area contributed by atoms with E-state index in [-0.39, 0.29) is 12.6 Å². The maximum absolute atomic E-state index is 10.6. The van der Waals surface area contributed by atoms with Gasteiger partial charge in [-0.25, -0.2) is 4.79 Å². The molecule has 0 saturated carbocycles. The maximum Gasteiger partial charge on any atom is 0.341 e. The van der Waals surface area contributed by atoms with Crippen LogP contribution in [-0.4, -0.2) is 31.9 Å². The summed E-state index contributed by atoms with van der Waals surface area (Å²) < 4.78 is 15.9. The zero-order chi connectivity index (χ0) is 17.5. The molecule has 2 rings (SSSR count). The largest absolute Gasteiger partial charge is 0.497 e. The fourth-order valence-corrected chi connectivity index (χ4v) is 2.64. The summed E-state index contributed by atoms with van der Waals surface area (Å²) in [4.78, 5) is 10.6. The van der Waals surface area contributed by atoms with E-state index in [0.29, 0.717) is 23.7 Å². The third-order valence-electron chi connectivity index (χ3n) is 3.93. The second-order valence-corrected chi connectivity index (χ2v) is 5.50. The number of ether oxygens (including phenoxy) is 3. The van der Waals surface area contributed by atoms with Gasteiger partial charge >= 0.3 is 5.97 Å². The Morgan fingerprint density at radius 1 is 1.25 bits per heavy atom. The summed E-state index contributed by atoms with van der Waals surface area (Å²) in [5.41, 5.74) is 8.35. The molecule has 0 saturated heterocycles. The summed E-state index contributed by atoms with van der Waals surface area (Å²) >= 11 is 0. The minimum Gasteiger partial charge on any atom is -0.497 e. The monoisotopic (exact) mass is 333 g/mol. The van der Waals surface area contributed by atoms with E-state index in [2.05, 4.69) is 0 Å². The SMILES string of the molecule is COc1ccc(C(N)C2=CC=C(OCC(=O)O)CCC2)c(OC)c1. The van der Waals surface area contributed by atoms with Crippen molar-refractivity contribution in [1.82, 2.24) is 0 Å². The quantitative estimate of drug-likeness (QED) is 0.797. The van der Waals surface area contributed by atoms with Crippen LogP contribution in [0.5, 0.6) is 11.5 Å². The summed E-state index contributed by atoms with van der Waals surface area (Å²) in [6.45, 7) is -0.326. The number of hydrogen-bond acceptors (Lipinski definition) is 5. The normalized spacial score (nSPS) is 15.6. The average molecular weight is 333 g/mol. The minimum atomic E-state index is -0.982. The summed E-state index contributed by atoms with van der Waals surface area (Å²) in [6, 6.07) is 5.26. The van der Waals surface area contributed by atoms with Gasteiger partial charge in [0.05, 0.1) is 26.0 Å². The Balaban J connectivity index is 2.19. The van der Waals surface area contributed by atoms with Gasteiger partial charge in [-0.15, -0.1) is 0 Å². The lowest BCUT2D eigenvalue weighted by Gasteiger charge is -2.19. The van der Waals surface area contributed by atoms with Crippen LogP contribution in [0.4, 0.5) is 0 Å². The molecule has 1 unspecified atom stereocenters. The van der Waals surface area contributed by atoms with Gasteiger partial charge in [0.15, 0.2) is 6.61 Å². The lowest BCUT2D eigenvalue weighted by atomic mass is 9.95. The molecular formula is C18H23NO5. The van der Waals surface area contributed by atoms with E-state index in [1.807, 2.05) is 24.3 Å². The van der Waals surface area contributed by atoms with Crippen LogP contribution in [-0.2, 0) is 9.53 Å². The summed E-state index contributed by atoms with van der Waals surface area (Å²) in [6.07, 6.45) is 6.08. The van der Waals surface area contributed by atoms with E-state index in [9.17, 15) is 4.79 Å². The molecule has 1 aromatic carbocycles. The highest BCUT2D eigenvalue weighted by atomic mass is 16.5. The molecule has 1 atom stereocenters. The van der Waals surface area contributed by atoms with E-state index >= 15 is 0 Å². The number of aliphatic carboxylic acids is 1. The highest BCUT2D eigenvalue weighted by Gasteiger charge is 2.18. The van der Waals surface area contributed by atoms with Crippen molar-refractivity contribution in [3.8, 4) is 11.5 Å².